The van der Waals surface area contributed by atoms with E-state index in [9.17, 15) is 9.59 Å². The van der Waals surface area contributed by atoms with Crippen LogP contribution in [0.2, 0.25) is 15.1 Å². The molecule has 0 fully saturated rings. The Morgan fingerprint density at radius 2 is 1.66 bits per heavy atom. The first-order valence-electron chi connectivity index (χ1n) is 9.34. The van der Waals surface area contributed by atoms with Gasteiger partial charge in [0.25, 0.3) is 11.8 Å². The summed E-state index contributed by atoms with van der Waals surface area (Å²) in [7, 11) is 0. The highest BCUT2D eigenvalue weighted by Gasteiger charge is 2.19. The third-order valence-electron chi connectivity index (χ3n) is 4.50. The predicted molar refractivity (Wildman–Crippen MR) is 125 cm³/mol. The standard InChI is InChI=1S/C23H15Cl3N2O4/c24-14-6-7-17(26)18(11-14)27-23(30)19(28-22(29)15-3-1-2-4-16(15)25)9-13-5-8-20-21(10-13)32-12-31-20/h1-11H,12H2,(H,27,30)(H,28,29). The predicted octanol–water partition coefficient (Wildman–Crippen LogP) is 5.79. The maximum Gasteiger partial charge on any atom is 0.272 e. The summed E-state index contributed by atoms with van der Waals surface area (Å²) in [6, 6.07) is 16.3. The highest BCUT2D eigenvalue weighted by atomic mass is 35.5. The molecule has 2 N–H and O–H groups in total. The van der Waals surface area contributed by atoms with Crippen LogP contribution in [-0.2, 0) is 4.79 Å². The van der Waals surface area contributed by atoms with Crippen molar-refractivity contribution in [3.63, 3.8) is 0 Å². The van der Waals surface area contributed by atoms with Crippen molar-refractivity contribution in [2.75, 3.05) is 12.1 Å². The fraction of sp³-hybridized carbons (Fsp3) is 0.0435. The Balaban J connectivity index is 1.67. The lowest BCUT2D eigenvalue weighted by Crippen LogP contribution is -2.31. The Labute approximate surface area is 198 Å². The molecule has 1 heterocycles. The van der Waals surface area contributed by atoms with Crippen molar-refractivity contribution in [1.82, 2.24) is 5.32 Å². The first-order chi connectivity index (χ1) is 15.4. The smallest absolute Gasteiger partial charge is 0.272 e. The summed E-state index contributed by atoms with van der Waals surface area (Å²) in [5.74, 6) is -0.0186. The molecule has 0 radical (unpaired) electrons. The average molecular weight is 490 g/mol. The quantitative estimate of drug-likeness (QED) is 0.445. The molecule has 6 nitrogen and oxygen atoms in total. The highest BCUT2D eigenvalue weighted by molar-refractivity contribution is 6.36. The summed E-state index contributed by atoms with van der Waals surface area (Å²) in [4.78, 5) is 25.9. The molecule has 4 rings (SSSR count). The first kappa shape index (κ1) is 22.0. The Morgan fingerprint density at radius 3 is 2.47 bits per heavy atom. The number of amides is 2. The van der Waals surface area contributed by atoms with Crippen LogP contribution in [0.5, 0.6) is 11.5 Å². The van der Waals surface area contributed by atoms with Crippen molar-refractivity contribution in [2.45, 2.75) is 0 Å². The van der Waals surface area contributed by atoms with Crippen LogP contribution in [0.4, 0.5) is 5.69 Å². The zero-order valence-electron chi connectivity index (χ0n) is 16.3. The number of nitrogens with one attached hydrogen (secondary N) is 2. The molecule has 0 saturated carbocycles. The molecule has 3 aromatic rings. The van der Waals surface area contributed by atoms with Gasteiger partial charge in [0.05, 0.1) is 21.3 Å². The van der Waals surface area contributed by atoms with E-state index in [0.717, 1.165) is 0 Å². The van der Waals surface area contributed by atoms with E-state index >= 15 is 0 Å². The van der Waals surface area contributed by atoms with Crippen LogP contribution >= 0.6 is 34.8 Å². The number of hydrogen-bond acceptors (Lipinski definition) is 4. The third kappa shape index (κ3) is 4.99. The minimum atomic E-state index is -0.604. The number of carbonyl (C=O) groups excluding carboxylic acids is 2. The van der Waals surface area contributed by atoms with Crippen LogP contribution in [0.15, 0.2) is 66.4 Å². The molecule has 0 aromatic heterocycles. The van der Waals surface area contributed by atoms with Crippen LogP contribution in [-0.4, -0.2) is 18.6 Å². The molecule has 1 aliphatic heterocycles. The Hall–Kier alpha value is -3.19. The van der Waals surface area contributed by atoms with E-state index in [4.69, 9.17) is 44.3 Å². The Kier molecular flexibility index (Phi) is 6.55. The number of benzene rings is 3. The van der Waals surface area contributed by atoms with Gasteiger partial charge in [-0.05, 0) is 54.1 Å². The Morgan fingerprint density at radius 1 is 0.875 bits per heavy atom. The van der Waals surface area contributed by atoms with Crippen LogP contribution in [0, 0.1) is 0 Å². The fourth-order valence-corrected chi connectivity index (χ4v) is 3.50. The lowest BCUT2D eigenvalue weighted by Gasteiger charge is -2.13. The molecular weight excluding hydrogens is 475 g/mol. The van der Waals surface area contributed by atoms with Gasteiger partial charge in [-0.1, -0.05) is 53.0 Å². The van der Waals surface area contributed by atoms with Crippen LogP contribution in [0.25, 0.3) is 6.08 Å². The molecule has 0 unspecified atom stereocenters. The van der Waals surface area contributed by atoms with Gasteiger partial charge in [-0.3, -0.25) is 9.59 Å². The van der Waals surface area contributed by atoms with Gasteiger partial charge in [0.15, 0.2) is 11.5 Å². The zero-order valence-corrected chi connectivity index (χ0v) is 18.6. The molecule has 0 aliphatic carbocycles. The van der Waals surface area contributed by atoms with Crippen LogP contribution in [0.1, 0.15) is 15.9 Å². The summed E-state index contributed by atoms with van der Waals surface area (Å²) in [6.45, 7) is 0.117. The SMILES string of the molecule is O=C(Nc1cc(Cl)ccc1Cl)C(=Cc1ccc2c(c1)OCO2)NC(=O)c1ccccc1Cl. The van der Waals surface area contributed by atoms with E-state index in [0.29, 0.717) is 32.8 Å². The van der Waals surface area contributed by atoms with Gasteiger partial charge in [-0.15, -0.1) is 0 Å². The molecule has 3 aromatic carbocycles. The van der Waals surface area contributed by atoms with Crippen molar-refractivity contribution in [2.24, 2.45) is 0 Å². The van der Waals surface area contributed by atoms with Crippen molar-refractivity contribution in [3.8, 4) is 11.5 Å². The van der Waals surface area contributed by atoms with E-state index in [1.165, 1.54) is 12.1 Å². The normalized spacial score (nSPS) is 12.4. The van der Waals surface area contributed by atoms with Gasteiger partial charge in [-0.25, -0.2) is 0 Å². The number of rotatable bonds is 5. The molecule has 0 bridgehead atoms. The van der Waals surface area contributed by atoms with Crippen molar-refractivity contribution in [3.05, 3.63) is 92.6 Å². The van der Waals surface area contributed by atoms with E-state index < -0.39 is 11.8 Å². The maximum absolute atomic E-state index is 13.1. The lowest BCUT2D eigenvalue weighted by atomic mass is 10.1. The van der Waals surface area contributed by atoms with E-state index in [2.05, 4.69) is 10.6 Å². The second kappa shape index (κ2) is 9.53. The number of halogens is 3. The fourth-order valence-electron chi connectivity index (χ4n) is 2.95. The number of hydrogen-bond donors (Lipinski definition) is 2. The second-order valence-corrected chi connectivity index (χ2v) is 7.93. The molecule has 0 atom stereocenters. The van der Waals surface area contributed by atoms with Gasteiger partial charge >= 0.3 is 0 Å². The van der Waals surface area contributed by atoms with Crippen LogP contribution in [0.3, 0.4) is 0 Å². The minimum Gasteiger partial charge on any atom is -0.454 e. The number of anilines is 1. The topological polar surface area (TPSA) is 76.7 Å². The monoisotopic (exact) mass is 488 g/mol. The summed E-state index contributed by atoms with van der Waals surface area (Å²) in [5.41, 5.74) is 1.09. The van der Waals surface area contributed by atoms with Gasteiger partial charge < -0.3 is 20.1 Å². The summed E-state index contributed by atoms with van der Waals surface area (Å²) in [6.07, 6.45) is 1.50. The maximum atomic E-state index is 13.1. The molecular formula is C23H15Cl3N2O4. The highest BCUT2D eigenvalue weighted by Crippen LogP contribution is 2.33. The van der Waals surface area contributed by atoms with Gasteiger partial charge in [0.2, 0.25) is 6.79 Å². The number of ether oxygens (including phenoxy) is 2. The number of fused-ring (bicyclic) bond motifs is 1. The summed E-state index contributed by atoms with van der Waals surface area (Å²) < 4.78 is 10.7. The average Bonchev–Trinajstić information content (AvgIpc) is 3.24. The van der Waals surface area contributed by atoms with E-state index in [-0.39, 0.29) is 23.1 Å². The largest absolute Gasteiger partial charge is 0.454 e. The molecule has 162 valence electrons. The zero-order chi connectivity index (χ0) is 22.7. The molecule has 2 amide bonds. The summed E-state index contributed by atoms with van der Waals surface area (Å²) in [5, 5.41) is 6.23. The summed E-state index contributed by atoms with van der Waals surface area (Å²) >= 11 is 18.3. The van der Waals surface area contributed by atoms with Gasteiger partial charge in [0.1, 0.15) is 5.70 Å². The molecule has 0 spiro atoms. The van der Waals surface area contributed by atoms with Crippen molar-refractivity contribution >= 4 is 58.4 Å². The van der Waals surface area contributed by atoms with Gasteiger partial charge in [-0.2, -0.15) is 0 Å². The molecule has 1 aliphatic rings. The van der Waals surface area contributed by atoms with E-state index in [1.807, 2.05) is 0 Å². The third-order valence-corrected chi connectivity index (χ3v) is 5.39. The molecule has 9 heteroatoms. The van der Waals surface area contributed by atoms with Gasteiger partial charge in [0, 0.05) is 5.02 Å². The molecule has 0 saturated heterocycles. The number of carbonyl (C=O) groups is 2. The minimum absolute atomic E-state index is 0.0372. The van der Waals surface area contributed by atoms with E-state index in [1.54, 1.807) is 54.6 Å². The Bertz CT molecular complexity index is 1240. The van der Waals surface area contributed by atoms with Crippen molar-refractivity contribution < 1.29 is 19.1 Å². The first-order valence-corrected chi connectivity index (χ1v) is 10.5. The molecule has 32 heavy (non-hydrogen) atoms. The second-order valence-electron chi connectivity index (χ2n) is 6.68. The lowest BCUT2D eigenvalue weighted by molar-refractivity contribution is -0.113. The van der Waals surface area contributed by atoms with Crippen LogP contribution < -0.4 is 20.1 Å². The van der Waals surface area contributed by atoms with Crippen molar-refractivity contribution in [1.29, 1.82) is 0 Å².